The Kier molecular flexibility index (Phi) is 6.51. The number of amides is 1. The SMILES string of the molecule is CCS(=O)(=O)Nc1cc(-c2cc(C)n(C)n2)ccc1Nc1cc(NC(=O)C2CC2)nc2nc(C(F)F)[nH]c12. The first-order valence-corrected chi connectivity index (χ1v) is 13.6. The van der Waals surface area contributed by atoms with Gasteiger partial charge in [-0.15, -0.1) is 0 Å². The Morgan fingerprint density at radius 1 is 1.16 bits per heavy atom. The number of alkyl halides is 2. The Labute approximate surface area is 217 Å². The van der Waals surface area contributed by atoms with E-state index in [1.54, 1.807) is 22.9 Å². The standard InChI is InChI=1S/C24H26F2N8O3S/c1-4-38(36,37)33-17-10-14(16-9-12(2)34(3)32-16)7-8-15(17)27-18-11-19(29-24(35)13-5-6-13)28-22-20(18)30-23(31-22)21(25)26/h7-11,13,21,33H,4-6H2,1-3H3,(H3,27,28,29,30,31,35). The molecule has 1 aromatic carbocycles. The Morgan fingerprint density at radius 3 is 2.55 bits per heavy atom. The molecule has 0 unspecified atom stereocenters. The lowest BCUT2D eigenvalue weighted by atomic mass is 10.1. The van der Waals surface area contributed by atoms with Crippen molar-refractivity contribution in [2.45, 2.75) is 33.1 Å². The van der Waals surface area contributed by atoms with Gasteiger partial charge < -0.3 is 15.6 Å². The number of hydrogen-bond donors (Lipinski definition) is 4. The van der Waals surface area contributed by atoms with Crippen LogP contribution in [-0.4, -0.2) is 44.8 Å². The lowest BCUT2D eigenvalue weighted by Gasteiger charge is -2.16. The van der Waals surface area contributed by atoms with Gasteiger partial charge in [-0.05, 0) is 44.9 Å². The van der Waals surface area contributed by atoms with E-state index in [1.807, 2.05) is 20.0 Å². The molecule has 200 valence electrons. The van der Waals surface area contributed by atoms with Gasteiger partial charge in [0.25, 0.3) is 6.43 Å². The molecule has 1 aliphatic carbocycles. The Balaban J connectivity index is 1.59. The van der Waals surface area contributed by atoms with Crippen molar-refractivity contribution in [1.82, 2.24) is 24.7 Å². The molecule has 1 aliphatic rings. The summed E-state index contributed by atoms with van der Waals surface area (Å²) < 4.78 is 56.1. The number of nitrogens with zero attached hydrogens (tertiary/aromatic N) is 4. The predicted molar refractivity (Wildman–Crippen MR) is 140 cm³/mol. The minimum Gasteiger partial charge on any atom is -0.352 e. The first-order valence-electron chi connectivity index (χ1n) is 11.9. The molecule has 5 rings (SSSR count). The highest BCUT2D eigenvalue weighted by Gasteiger charge is 2.30. The number of aromatic amines is 1. The zero-order valence-electron chi connectivity index (χ0n) is 20.8. The van der Waals surface area contributed by atoms with Crippen LogP contribution in [-0.2, 0) is 21.9 Å². The molecule has 0 radical (unpaired) electrons. The zero-order valence-corrected chi connectivity index (χ0v) is 21.7. The maximum absolute atomic E-state index is 13.4. The van der Waals surface area contributed by atoms with Gasteiger partial charge in [0.1, 0.15) is 11.3 Å². The van der Waals surface area contributed by atoms with Gasteiger partial charge in [-0.3, -0.25) is 14.2 Å². The molecule has 14 heteroatoms. The maximum Gasteiger partial charge on any atom is 0.295 e. The van der Waals surface area contributed by atoms with E-state index in [2.05, 4.69) is 35.4 Å². The number of fused-ring (bicyclic) bond motifs is 1. The van der Waals surface area contributed by atoms with Crippen LogP contribution in [0.4, 0.5) is 31.7 Å². The molecule has 38 heavy (non-hydrogen) atoms. The predicted octanol–water partition coefficient (Wildman–Crippen LogP) is 4.46. The average Bonchev–Trinajstić information content (AvgIpc) is 3.54. The van der Waals surface area contributed by atoms with Gasteiger partial charge in [0.05, 0.1) is 28.5 Å². The number of H-pyrrole nitrogens is 1. The zero-order chi connectivity index (χ0) is 27.2. The number of sulfonamides is 1. The quantitative estimate of drug-likeness (QED) is 0.243. The number of nitrogens with one attached hydrogen (secondary N) is 4. The van der Waals surface area contributed by atoms with Crippen LogP contribution in [0.1, 0.15) is 37.7 Å². The number of imidazole rings is 1. The van der Waals surface area contributed by atoms with Crippen molar-refractivity contribution >= 4 is 50.0 Å². The van der Waals surface area contributed by atoms with E-state index in [1.165, 1.54) is 13.0 Å². The van der Waals surface area contributed by atoms with Gasteiger partial charge in [-0.2, -0.15) is 5.10 Å². The van der Waals surface area contributed by atoms with E-state index in [9.17, 15) is 22.0 Å². The van der Waals surface area contributed by atoms with E-state index in [-0.39, 0.29) is 45.9 Å². The smallest absolute Gasteiger partial charge is 0.295 e. The van der Waals surface area contributed by atoms with Gasteiger partial charge in [0, 0.05) is 30.3 Å². The third-order valence-electron chi connectivity index (χ3n) is 6.23. The van der Waals surface area contributed by atoms with Gasteiger partial charge in [0.15, 0.2) is 11.5 Å². The van der Waals surface area contributed by atoms with Crippen LogP contribution in [0, 0.1) is 12.8 Å². The van der Waals surface area contributed by atoms with Crippen molar-refractivity contribution in [2.24, 2.45) is 13.0 Å². The van der Waals surface area contributed by atoms with Crippen molar-refractivity contribution in [3.8, 4) is 11.3 Å². The van der Waals surface area contributed by atoms with Crippen LogP contribution in [0.25, 0.3) is 22.4 Å². The number of pyridine rings is 1. The second-order valence-corrected chi connectivity index (χ2v) is 11.1. The van der Waals surface area contributed by atoms with E-state index in [4.69, 9.17) is 0 Å². The van der Waals surface area contributed by atoms with Crippen LogP contribution in [0.2, 0.25) is 0 Å². The van der Waals surface area contributed by atoms with E-state index in [0.29, 0.717) is 16.9 Å². The topological polar surface area (TPSA) is 147 Å². The summed E-state index contributed by atoms with van der Waals surface area (Å²) in [5, 5.41) is 10.3. The average molecular weight is 545 g/mol. The fourth-order valence-corrected chi connectivity index (χ4v) is 4.48. The van der Waals surface area contributed by atoms with Crippen LogP contribution >= 0.6 is 0 Å². The van der Waals surface area contributed by atoms with Crippen LogP contribution in [0.5, 0.6) is 0 Å². The van der Waals surface area contributed by atoms with Crippen LogP contribution in [0.3, 0.4) is 0 Å². The highest BCUT2D eigenvalue weighted by Crippen LogP contribution is 2.36. The summed E-state index contributed by atoms with van der Waals surface area (Å²) in [6.45, 7) is 3.42. The van der Waals surface area contributed by atoms with Crippen LogP contribution < -0.4 is 15.4 Å². The molecule has 1 saturated carbocycles. The molecule has 0 atom stereocenters. The normalized spacial score (nSPS) is 13.7. The number of anilines is 4. The third kappa shape index (κ3) is 5.30. The van der Waals surface area contributed by atoms with Gasteiger partial charge in [-0.25, -0.2) is 27.2 Å². The Hall–Kier alpha value is -4.07. The maximum atomic E-state index is 13.4. The molecule has 0 saturated heterocycles. The fraction of sp³-hybridized carbons (Fsp3) is 0.333. The van der Waals surface area contributed by atoms with E-state index in [0.717, 1.165) is 18.5 Å². The number of benzene rings is 1. The highest BCUT2D eigenvalue weighted by atomic mass is 32.2. The number of carbonyl (C=O) groups is 1. The van der Waals surface area contributed by atoms with E-state index < -0.39 is 22.3 Å². The summed E-state index contributed by atoms with van der Waals surface area (Å²) in [6.07, 6.45) is -1.31. The van der Waals surface area contributed by atoms with Crippen molar-refractivity contribution in [2.75, 3.05) is 21.1 Å². The number of halogens is 2. The second kappa shape index (κ2) is 9.67. The summed E-state index contributed by atoms with van der Waals surface area (Å²) in [4.78, 5) is 23.0. The molecule has 11 nitrogen and oxygen atoms in total. The second-order valence-electron chi connectivity index (χ2n) is 9.13. The number of carbonyl (C=O) groups excluding carboxylic acids is 1. The van der Waals surface area contributed by atoms with Gasteiger partial charge in [-0.1, -0.05) is 6.07 Å². The third-order valence-corrected chi connectivity index (χ3v) is 7.52. The van der Waals surface area contributed by atoms with Crippen molar-refractivity contribution in [3.05, 3.63) is 41.9 Å². The molecule has 4 N–H and O–H groups in total. The molecule has 0 aliphatic heterocycles. The lowest BCUT2D eigenvalue weighted by molar-refractivity contribution is -0.117. The number of hydrogen-bond acceptors (Lipinski definition) is 7. The minimum absolute atomic E-state index is 0.0207. The Morgan fingerprint density at radius 2 is 1.92 bits per heavy atom. The summed E-state index contributed by atoms with van der Waals surface area (Å²) in [7, 11) is -1.86. The molecule has 4 aromatic rings. The van der Waals surface area contributed by atoms with Crippen molar-refractivity contribution in [3.63, 3.8) is 0 Å². The fourth-order valence-electron chi connectivity index (χ4n) is 3.83. The molecule has 0 bridgehead atoms. The monoisotopic (exact) mass is 544 g/mol. The molecule has 1 amide bonds. The van der Waals surface area contributed by atoms with Gasteiger partial charge >= 0.3 is 0 Å². The highest BCUT2D eigenvalue weighted by molar-refractivity contribution is 7.92. The molecule has 1 fully saturated rings. The summed E-state index contributed by atoms with van der Waals surface area (Å²) in [5.41, 5.74) is 3.26. The van der Waals surface area contributed by atoms with Gasteiger partial charge in [0.2, 0.25) is 15.9 Å². The number of aryl methyl sites for hydroxylation is 2. The largest absolute Gasteiger partial charge is 0.352 e. The number of aromatic nitrogens is 5. The number of rotatable bonds is 9. The molecular formula is C24H26F2N8O3S. The minimum atomic E-state index is -3.67. The van der Waals surface area contributed by atoms with Crippen LogP contribution in [0.15, 0.2) is 30.3 Å². The van der Waals surface area contributed by atoms with Crippen molar-refractivity contribution in [1.29, 1.82) is 0 Å². The first-order chi connectivity index (χ1) is 18.0. The van der Waals surface area contributed by atoms with E-state index >= 15 is 0 Å². The molecule has 0 spiro atoms. The lowest BCUT2D eigenvalue weighted by Crippen LogP contribution is -2.16. The van der Waals surface area contributed by atoms with Crippen molar-refractivity contribution < 1.29 is 22.0 Å². The Bertz CT molecular complexity index is 1620. The summed E-state index contributed by atoms with van der Waals surface area (Å²) in [6, 6.07) is 8.43. The molecule has 3 aromatic heterocycles. The molecule has 3 heterocycles. The molecular weight excluding hydrogens is 518 g/mol. The first kappa shape index (κ1) is 25.6. The summed E-state index contributed by atoms with van der Waals surface area (Å²) >= 11 is 0. The summed E-state index contributed by atoms with van der Waals surface area (Å²) in [5.74, 6) is -0.903.